The Bertz CT molecular complexity index is 2070. The third-order valence-corrected chi connectivity index (χ3v) is 7.90. The highest BCUT2D eigenvalue weighted by Crippen LogP contribution is 2.44. The summed E-state index contributed by atoms with van der Waals surface area (Å²) in [6, 6.07) is 13.4. The van der Waals surface area contributed by atoms with Crippen molar-refractivity contribution in [2.45, 2.75) is 27.7 Å². The minimum absolute atomic E-state index is 0.0582. The number of ether oxygens (including phenoxy) is 4. The van der Waals surface area contributed by atoms with Crippen LogP contribution in [0, 0.1) is 0 Å². The van der Waals surface area contributed by atoms with E-state index in [0.717, 1.165) is 0 Å². The molecule has 0 bridgehead atoms. The van der Waals surface area contributed by atoms with Crippen LogP contribution in [0.15, 0.2) is 72.8 Å². The second kappa shape index (κ2) is 13.4. The molecule has 0 aliphatic carbocycles. The molecule has 0 aliphatic heterocycles. The lowest BCUT2D eigenvalue weighted by Crippen LogP contribution is -2.16. The van der Waals surface area contributed by atoms with E-state index in [9.17, 15) is 28.8 Å². The van der Waals surface area contributed by atoms with Crippen molar-refractivity contribution in [3.63, 3.8) is 0 Å². The van der Waals surface area contributed by atoms with Crippen molar-refractivity contribution in [1.29, 1.82) is 0 Å². The first-order valence-corrected chi connectivity index (χ1v) is 15.0. The molecule has 10 nitrogen and oxygen atoms in total. The third kappa shape index (κ3) is 6.12. The van der Waals surface area contributed by atoms with Crippen LogP contribution in [0.5, 0.6) is 0 Å². The van der Waals surface area contributed by atoms with E-state index in [4.69, 9.17) is 18.9 Å². The van der Waals surface area contributed by atoms with Crippen molar-refractivity contribution in [1.82, 2.24) is 0 Å². The molecule has 0 saturated carbocycles. The molecule has 0 spiro atoms. The number of hydrogen-bond acceptors (Lipinski definition) is 10. The number of carbonyl (C=O) groups excluding carboxylic acids is 6. The van der Waals surface area contributed by atoms with Gasteiger partial charge in [-0.3, -0.25) is 9.59 Å². The van der Waals surface area contributed by atoms with E-state index in [-0.39, 0.29) is 65.7 Å². The van der Waals surface area contributed by atoms with Crippen molar-refractivity contribution in [3.8, 4) is 0 Å². The molecule has 5 aromatic carbocycles. The highest BCUT2D eigenvalue weighted by molar-refractivity contribution is 6.38. The second-order valence-electron chi connectivity index (χ2n) is 11.4. The highest BCUT2D eigenvalue weighted by Gasteiger charge is 2.26. The number of carbonyl (C=O) groups is 6. The molecule has 0 N–H and O–H groups in total. The van der Waals surface area contributed by atoms with Gasteiger partial charge in [-0.1, -0.05) is 49.6 Å². The molecule has 10 heteroatoms. The molecule has 244 valence electrons. The average Bonchev–Trinajstić information content (AvgIpc) is 3.05. The maximum atomic E-state index is 13.5. The fourth-order valence-corrected chi connectivity index (χ4v) is 5.76. The van der Waals surface area contributed by atoms with Crippen molar-refractivity contribution in [3.05, 3.63) is 95.1 Å². The van der Waals surface area contributed by atoms with Gasteiger partial charge in [0.1, 0.15) is 26.4 Å². The minimum atomic E-state index is -0.774. The van der Waals surface area contributed by atoms with Gasteiger partial charge in [-0.05, 0) is 72.1 Å². The largest absolute Gasteiger partial charge is 0.459 e. The Labute approximate surface area is 275 Å². The first-order valence-electron chi connectivity index (χ1n) is 15.0. The maximum Gasteiger partial charge on any atom is 0.338 e. The summed E-state index contributed by atoms with van der Waals surface area (Å²) in [4.78, 5) is 76.0. The average molecular weight is 649 g/mol. The van der Waals surface area contributed by atoms with Crippen molar-refractivity contribution in [2.24, 2.45) is 0 Å². The number of rotatable bonds is 12. The highest BCUT2D eigenvalue weighted by atomic mass is 16.6. The van der Waals surface area contributed by atoms with E-state index < -0.39 is 23.9 Å². The number of benzene rings is 5. The van der Waals surface area contributed by atoms with Gasteiger partial charge in [0, 0.05) is 33.0 Å². The molecule has 0 amide bonds. The standard InChI is InChI=1S/C38H32O10/c1-19(2)35(41)45-15-17-47-37(43)29-13-11-27-25-9-7-23(21(5)39)31-24(22(6)40)8-10-26(32(25)31)28-12-14-30(34(29)33(27)28)38(44)48-18-16-46-36(42)20(3)4/h7-14H,1,3,15-18H2,2,4-6H3. The Kier molecular flexibility index (Phi) is 9.38. The lowest BCUT2D eigenvalue weighted by atomic mass is 9.83. The van der Waals surface area contributed by atoms with Crippen LogP contribution in [0.1, 0.15) is 69.1 Å². The Morgan fingerprint density at radius 3 is 1.04 bits per heavy atom. The van der Waals surface area contributed by atoms with Crippen LogP contribution >= 0.6 is 0 Å². The summed E-state index contributed by atoms with van der Waals surface area (Å²) in [7, 11) is 0. The molecule has 5 aromatic rings. The molecule has 0 atom stereocenters. The zero-order valence-corrected chi connectivity index (χ0v) is 26.9. The van der Waals surface area contributed by atoms with Crippen molar-refractivity contribution < 1.29 is 47.7 Å². The van der Waals surface area contributed by atoms with Crippen LogP contribution in [0.4, 0.5) is 0 Å². The number of ketones is 2. The molecule has 48 heavy (non-hydrogen) atoms. The first-order chi connectivity index (χ1) is 22.8. The molecule has 0 saturated heterocycles. The van der Waals surface area contributed by atoms with E-state index in [1.165, 1.54) is 39.8 Å². The number of hydrogen-bond donors (Lipinski definition) is 0. The molecular weight excluding hydrogens is 616 g/mol. The van der Waals surface area contributed by atoms with E-state index in [2.05, 4.69) is 13.2 Å². The Morgan fingerprint density at radius 1 is 0.438 bits per heavy atom. The lowest BCUT2D eigenvalue weighted by Gasteiger charge is -2.20. The van der Waals surface area contributed by atoms with E-state index in [1.807, 2.05) is 0 Å². The van der Waals surface area contributed by atoms with Crippen LogP contribution in [0.3, 0.4) is 0 Å². The van der Waals surface area contributed by atoms with Crippen LogP contribution < -0.4 is 0 Å². The van der Waals surface area contributed by atoms with Gasteiger partial charge in [0.2, 0.25) is 0 Å². The van der Waals surface area contributed by atoms with Gasteiger partial charge >= 0.3 is 23.9 Å². The van der Waals surface area contributed by atoms with Crippen LogP contribution in [-0.4, -0.2) is 61.9 Å². The fraction of sp³-hybridized carbons (Fsp3) is 0.211. The number of esters is 4. The summed E-state index contributed by atoms with van der Waals surface area (Å²) >= 11 is 0. The van der Waals surface area contributed by atoms with E-state index in [1.54, 1.807) is 36.4 Å². The molecule has 0 fully saturated rings. The van der Waals surface area contributed by atoms with Gasteiger partial charge < -0.3 is 18.9 Å². The van der Waals surface area contributed by atoms with Crippen molar-refractivity contribution in [2.75, 3.05) is 26.4 Å². The summed E-state index contributed by atoms with van der Waals surface area (Å²) in [6.45, 7) is 12.0. The minimum Gasteiger partial charge on any atom is -0.459 e. The molecule has 0 unspecified atom stereocenters. The summed E-state index contributed by atoms with van der Waals surface area (Å²) < 4.78 is 21.0. The SMILES string of the molecule is C=C(C)C(=O)OCCOC(=O)c1ccc2c3ccc(C(C)=O)c4c(C(C)=O)ccc(c5ccc(C(=O)OCCOC(=O)C(=C)C)c1c25)c43. The summed E-state index contributed by atoms with van der Waals surface area (Å²) in [6.07, 6.45) is 0. The quantitative estimate of drug-likeness (QED) is 0.0273. The Hall–Kier alpha value is -5.90. The van der Waals surface area contributed by atoms with Crippen molar-refractivity contribution >= 4 is 78.5 Å². The predicted octanol–water partition coefficient (Wildman–Crippen LogP) is 6.69. The summed E-state index contributed by atoms with van der Waals surface area (Å²) in [5.41, 5.74) is 1.32. The zero-order chi connectivity index (χ0) is 34.9. The molecule has 0 radical (unpaired) electrons. The predicted molar refractivity (Wildman–Crippen MR) is 180 cm³/mol. The van der Waals surface area contributed by atoms with Gasteiger partial charge in [0.15, 0.2) is 11.6 Å². The van der Waals surface area contributed by atoms with Gasteiger partial charge in [-0.15, -0.1) is 0 Å². The zero-order valence-electron chi connectivity index (χ0n) is 26.9. The molecule has 0 aliphatic rings. The first kappa shape index (κ1) is 33.5. The topological polar surface area (TPSA) is 139 Å². The smallest absolute Gasteiger partial charge is 0.338 e. The van der Waals surface area contributed by atoms with Crippen LogP contribution in [-0.2, 0) is 28.5 Å². The molecule has 0 aromatic heterocycles. The molecular formula is C38H32O10. The van der Waals surface area contributed by atoms with Crippen LogP contribution in [0.25, 0.3) is 43.1 Å². The monoisotopic (exact) mass is 648 g/mol. The van der Waals surface area contributed by atoms with E-state index >= 15 is 0 Å². The van der Waals surface area contributed by atoms with Gasteiger partial charge in [-0.25, -0.2) is 19.2 Å². The third-order valence-electron chi connectivity index (χ3n) is 7.90. The van der Waals surface area contributed by atoms with Crippen LogP contribution in [0.2, 0.25) is 0 Å². The molecule has 5 rings (SSSR count). The molecule has 0 heterocycles. The van der Waals surface area contributed by atoms with E-state index in [0.29, 0.717) is 48.8 Å². The summed E-state index contributed by atoms with van der Waals surface area (Å²) in [5.74, 6) is -3.19. The Morgan fingerprint density at radius 2 is 0.729 bits per heavy atom. The normalized spacial score (nSPS) is 11.1. The number of Topliss-reactive ketones (excluding diaryl/α,β-unsaturated/α-hetero) is 2. The summed E-state index contributed by atoms with van der Waals surface area (Å²) in [5, 5.41) is 4.77. The maximum absolute atomic E-state index is 13.5. The van der Waals surface area contributed by atoms with Gasteiger partial charge in [0.05, 0.1) is 11.1 Å². The fourth-order valence-electron chi connectivity index (χ4n) is 5.76. The van der Waals surface area contributed by atoms with Gasteiger partial charge in [0.25, 0.3) is 0 Å². The lowest BCUT2D eigenvalue weighted by molar-refractivity contribution is -0.140. The Balaban J connectivity index is 1.70. The van der Waals surface area contributed by atoms with Gasteiger partial charge in [-0.2, -0.15) is 0 Å². The second-order valence-corrected chi connectivity index (χ2v) is 11.4. The number of fused-ring (bicyclic) bond motifs is 2.